The molecule has 0 atom stereocenters. The van der Waals surface area contributed by atoms with Crippen molar-refractivity contribution in [1.29, 1.82) is 0 Å². The predicted molar refractivity (Wildman–Crippen MR) is 87.8 cm³/mol. The number of benzene rings is 1. The lowest BCUT2D eigenvalue weighted by Gasteiger charge is -2.08. The summed E-state index contributed by atoms with van der Waals surface area (Å²) in [7, 11) is 0. The van der Waals surface area contributed by atoms with E-state index >= 15 is 0 Å². The smallest absolute Gasteiger partial charge is 0.190 e. The van der Waals surface area contributed by atoms with Crippen LogP contribution in [-0.4, -0.2) is 30.2 Å². The molecule has 0 aliphatic rings. The predicted octanol–water partition coefficient (Wildman–Crippen LogP) is 2.71. The monoisotopic (exact) mass is 357 g/mol. The van der Waals surface area contributed by atoms with Crippen LogP contribution in [0.4, 0.5) is 14.6 Å². The molecular formula is C15H9F2N7S. The normalized spacial score (nSPS) is 11.0. The maximum atomic E-state index is 14.1. The van der Waals surface area contributed by atoms with Crippen molar-refractivity contribution in [3.8, 4) is 27.6 Å². The van der Waals surface area contributed by atoms with Crippen molar-refractivity contribution in [2.75, 3.05) is 5.73 Å². The third kappa shape index (κ3) is 2.62. The van der Waals surface area contributed by atoms with Crippen molar-refractivity contribution in [3.63, 3.8) is 0 Å². The third-order valence-electron chi connectivity index (χ3n) is 3.47. The lowest BCUT2D eigenvalue weighted by Crippen LogP contribution is -2.06. The Morgan fingerprint density at radius 3 is 2.84 bits per heavy atom. The number of halogens is 2. The summed E-state index contributed by atoms with van der Waals surface area (Å²) in [5, 5.41) is 13.8. The lowest BCUT2D eigenvalue weighted by atomic mass is 10.1. The Balaban J connectivity index is 1.89. The number of hydrogen-bond acceptors (Lipinski definition) is 7. The van der Waals surface area contributed by atoms with Gasteiger partial charge in [0.1, 0.15) is 16.5 Å². The molecule has 3 heterocycles. The second-order valence-electron chi connectivity index (χ2n) is 4.98. The summed E-state index contributed by atoms with van der Waals surface area (Å²) in [5.74, 6) is -1.75. The first kappa shape index (κ1) is 15.3. The van der Waals surface area contributed by atoms with Crippen molar-refractivity contribution in [2.24, 2.45) is 0 Å². The van der Waals surface area contributed by atoms with Crippen LogP contribution in [-0.2, 0) is 0 Å². The Morgan fingerprint density at radius 1 is 1.16 bits per heavy atom. The summed E-state index contributed by atoms with van der Waals surface area (Å²) >= 11 is 1.43. The molecule has 0 bridgehead atoms. The van der Waals surface area contributed by atoms with E-state index in [1.165, 1.54) is 23.5 Å². The Bertz CT molecular complexity index is 1050. The molecule has 4 rings (SSSR count). The van der Waals surface area contributed by atoms with E-state index in [1.54, 1.807) is 18.5 Å². The number of anilines is 1. The molecule has 1 aromatic carbocycles. The minimum Gasteiger partial charge on any atom is -0.383 e. The number of tetrazole rings is 1. The van der Waals surface area contributed by atoms with E-state index < -0.39 is 11.6 Å². The number of nitrogens with two attached hydrogens (primary N) is 1. The average Bonchev–Trinajstić information content (AvgIpc) is 3.29. The molecule has 0 unspecified atom stereocenters. The van der Waals surface area contributed by atoms with Crippen LogP contribution in [0.5, 0.6) is 0 Å². The highest BCUT2D eigenvalue weighted by atomic mass is 32.1. The van der Waals surface area contributed by atoms with Crippen molar-refractivity contribution < 1.29 is 8.78 Å². The zero-order valence-corrected chi connectivity index (χ0v) is 13.3. The Morgan fingerprint density at radius 2 is 2.04 bits per heavy atom. The summed E-state index contributed by atoms with van der Waals surface area (Å²) in [4.78, 5) is 8.35. The third-order valence-corrected chi connectivity index (χ3v) is 4.29. The van der Waals surface area contributed by atoms with Gasteiger partial charge in [-0.05, 0) is 28.6 Å². The van der Waals surface area contributed by atoms with Gasteiger partial charge in [-0.1, -0.05) is 6.07 Å². The van der Waals surface area contributed by atoms with Crippen LogP contribution >= 0.6 is 11.3 Å². The van der Waals surface area contributed by atoms with Gasteiger partial charge in [-0.3, -0.25) is 0 Å². The summed E-state index contributed by atoms with van der Waals surface area (Å²) in [5.41, 5.74) is 6.92. The number of pyridine rings is 1. The molecule has 7 nitrogen and oxygen atoms in total. The van der Waals surface area contributed by atoms with Gasteiger partial charge in [-0.15, -0.1) is 16.4 Å². The standard InChI is InChI=1S/C15H9F2N7S/c16-10-2-1-3-11(12(10)17)24-14(21-22-23-24)9-6-8(7-20-13(9)18)15-19-4-5-25-15/h1-7H,(H2,18,20). The van der Waals surface area contributed by atoms with E-state index in [2.05, 4.69) is 25.5 Å². The van der Waals surface area contributed by atoms with E-state index in [-0.39, 0.29) is 17.3 Å². The van der Waals surface area contributed by atoms with E-state index in [4.69, 9.17) is 5.73 Å². The van der Waals surface area contributed by atoms with Gasteiger partial charge in [0.15, 0.2) is 17.5 Å². The summed E-state index contributed by atoms with van der Waals surface area (Å²) in [6.45, 7) is 0. The molecule has 4 aromatic rings. The molecule has 0 aliphatic heterocycles. The van der Waals surface area contributed by atoms with Gasteiger partial charge in [0, 0.05) is 23.3 Å². The van der Waals surface area contributed by atoms with E-state index in [1.807, 2.05) is 5.38 Å². The largest absolute Gasteiger partial charge is 0.383 e. The fourth-order valence-electron chi connectivity index (χ4n) is 2.31. The van der Waals surface area contributed by atoms with Crippen LogP contribution in [0.15, 0.2) is 42.0 Å². The first-order valence-corrected chi connectivity index (χ1v) is 7.91. The SMILES string of the molecule is Nc1ncc(-c2nccs2)cc1-c1nnnn1-c1cccc(F)c1F. The minimum atomic E-state index is -1.06. The summed E-state index contributed by atoms with van der Waals surface area (Å²) in [6.07, 6.45) is 3.25. The molecule has 0 saturated heterocycles. The minimum absolute atomic E-state index is 0.126. The first-order valence-electron chi connectivity index (χ1n) is 7.03. The van der Waals surface area contributed by atoms with Crippen LogP contribution in [0.2, 0.25) is 0 Å². The van der Waals surface area contributed by atoms with Gasteiger partial charge < -0.3 is 5.73 Å². The lowest BCUT2D eigenvalue weighted by molar-refractivity contribution is 0.501. The highest BCUT2D eigenvalue weighted by molar-refractivity contribution is 7.13. The first-order chi connectivity index (χ1) is 12.1. The zero-order chi connectivity index (χ0) is 17.4. The molecule has 0 aliphatic carbocycles. The Labute approximate surface area is 143 Å². The molecular weight excluding hydrogens is 348 g/mol. The molecule has 0 fully saturated rings. The average molecular weight is 357 g/mol. The van der Waals surface area contributed by atoms with E-state index in [0.717, 1.165) is 15.8 Å². The van der Waals surface area contributed by atoms with Crippen LogP contribution in [0, 0.1) is 11.6 Å². The Kier molecular flexibility index (Phi) is 3.65. The molecule has 10 heteroatoms. The molecule has 0 spiro atoms. The van der Waals surface area contributed by atoms with Crippen molar-refractivity contribution >= 4 is 17.2 Å². The van der Waals surface area contributed by atoms with Gasteiger partial charge in [-0.25, -0.2) is 18.7 Å². The van der Waals surface area contributed by atoms with Crippen LogP contribution in [0.3, 0.4) is 0 Å². The Hall–Kier alpha value is -3.27. The van der Waals surface area contributed by atoms with Gasteiger partial charge in [0.25, 0.3) is 0 Å². The molecule has 0 amide bonds. The fraction of sp³-hybridized carbons (Fsp3) is 0. The number of hydrogen-bond donors (Lipinski definition) is 1. The second-order valence-corrected chi connectivity index (χ2v) is 5.88. The number of nitrogens with zero attached hydrogens (tertiary/aromatic N) is 6. The molecule has 3 aromatic heterocycles. The van der Waals surface area contributed by atoms with Crippen LogP contribution in [0.1, 0.15) is 0 Å². The quantitative estimate of drug-likeness (QED) is 0.606. The van der Waals surface area contributed by atoms with E-state index in [0.29, 0.717) is 11.1 Å². The highest BCUT2D eigenvalue weighted by Crippen LogP contribution is 2.30. The van der Waals surface area contributed by atoms with Crippen molar-refractivity contribution in [3.05, 3.63) is 53.7 Å². The topological polar surface area (TPSA) is 95.4 Å². The van der Waals surface area contributed by atoms with Crippen molar-refractivity contribution in [1.82, 2.24) is 30.2 Å². The number of aromatic nitrogens is 6. The van der Waals surface area contributed by atoms with Gasteiger partial charge in [0.2, 0.25) is 0 Å². The maximum Gasteiger partial charge on any atom is 0.190 e. The highest BCUT2D eigenvalue weighted by Gasteiger charge is 2.19. The fourth-order valence-corrected chi connectivity index (χ4v) is 2.93. The molecule has 0 saturated carbocycles. The number of nitrogen functional groups attached to an aromatic ring is 1. The second kappa shape index (κ2) is 5.98. The summed E-state index contributed by atoms with van der Waals surface area (Å²) < 4.78 is 28.7. The summed E-state index contributed by atoms with van der Waals surface area (Å²) in [6, 6.07) is 5.46. The molecule has 25 heavy (non-hydrogen) atoms. The molecule has 2 N–H and O–H groups in total. The van der Waals surface area contributed by atoms with Gasteiger partial charge in [-0.2, -0.15) is 4.68 Å². The van der Waals surface area contributed by atoms with Crippen LogP contribution < -0.4 is 5.73 Å². The molecule has 124 valence electrons. The number of thiazole rings is 1. The zero-order valence-electron chi connectivity index (χ0n) is 12.5. The van der Waals surface area contributed by atoms with E-state index in [9.17, 15) is 8.78 Å². The van der Waals surface area contributed by atoms with Gasteiger partial charge in [0.05, 0.1) is 5.56 Å². The van der Waals surface area contributed by atoms with Gasteiger partial charge >= 0.3 is 0 Å². The maximum absolute atomic E-state index is 14.1. The van der Waals surface area contributed by atoms with Crippen molar-refractivity contribution in [2.45, 2.75) is 0 Å². The number of rotatable bonds is 3. The van der Waals surface area contributed by atoms with Crippen LogP contribution in [0.25, 0.3) is 27.6 Å². The molecule has 0 radical (unpaired) electrons.